The molecule has 6 heteroatoms. The second kappa shape index (κ2) is 6.70. The monoisotopic (exact) mass is 251 g/mol. The Hall–Kier alpha value is -1.95. The van der Waals surface area contributed by atoms with Crippen LogP contribution in [0.2, 0.25) is 0 Å². The van der Waals surface area contributed by atoms with Crippen LogP contribution < -0.4 is 10.6 Å². The van der Waals surface area contributed by atoms with Gasteiger partial charge in [0.05, 0.1) is 17.4 Å². The van der Waals surface area contributed by atoms with Crippen molar-refractivity contribution in [2.24, 2.45) is 0 Å². The first-order valence-corrected chi connectivity index (χ1v) is 5.70. The number of aromatic nitrogens is 1. The Labute approximate surface area is 105 Å². The third kappa shape index (κ3) is 4.92. The van der Waals surface area contributed by atoms with Gasteiger partial charge in [0.15, 0.2) is 0 Å². The minimum Gasteiger partial charge on any atom is -0.478 e. The van der Waals surface area contributed by atoms with Gasteiger partial charge in [-0.15, -0.1) is 0 Å². The highest BCUT2D eigenvalue weighted by Crippen LogP contribution is 2.08. The smallest absolute Gasteiger partial charge is 0.337 e. The largest absolute Gasteiger partial charge is 0.478 e. The average Bonchev–Trinajstić information content (AvgIpc) is 2.28. The lowest BCUT2D eigenvalue weighted by Gasteiger charge is -2.08. The summed E-state index contributed by atoms with van der Waals surface area (Å²) in [6.45, 7) is 4.58. The Bertz CT molecular complexity index is 432. The molecule has 0 spiro atoms. The number of carboxylic acid groups (broad SMARTS) is 1. The molecule has 1 heterocycles. The van der Waals surface area contributed by atoms with Gasteiger partial charge < -0.3 is 15.7 Å². The Kier molecular flexibility index (Phi) is 5.26. The quantitative estimate of drug-likeness (QED) is 0.704. The number of hydrogen-bond donors (Lipinski definition) is 3. The molecule has 1 amide bonds. The van der Waals surface area contributed by atoms with Crippen molar-refractivity contribution in [3.05, 3.63) is 24.0 Å². The van der Waals surface area contributed by atoms with Gasteiger partial charge in [-0.2, -0.15) is 0 Å². The summed E-state index contributed by atoms with van der Waals surface area (Å²) < 4.78 is 0. The second-order valence-corrected chi connectivity index (χ2v) is 4.17. The van der Waals surface area contributed by atoms with E-state index in [0.717, 1.165) is 0 Å². The Morgan fingerprint density at radius 2 is 2.11 bits per heavy atom. The van der Waals surface area contributed by atoms with Crippen LogP contribution in [0.25, 0.3) is 0 Å². The van der Waals surface area contributed by atoms with Gasteiger partial charge in [-0.25, -0.2) is 4.79 Å². The standard InChI is InChI=1S/C12H17N3O3/c1-8(2)14-4-3-11(16)15-10-5-9(12(17)18)6-13-7-10/h5-8,14H,3-4H2,1-2H3,(H,15,16)(H,17,18). The van der Waals surface area contributed by atoms with Gasteiger partial charge in [0.25, 0.3) is 0 Å². The van der Waals surface area contributed by atoms with E-state index in [1.165, 1.54) is 18.5 Å². The molecule has 0 atom stereocenters. The van der Waals surface area contributed by atoms with E-state index < -0.39 is 5.97 Å². The summed E-state index contributed by atoms with van der Waals surface area (Å²) in [7, 11) is 0. The maximum atomic E-state index is 11.5. The number of hydrogen-bond acceptors (Lipinski definition) is 4. The number of pyridine rings is 1. The molecule has 0 fully saturated rings. The van der Waals surface area contributed by atoms with E-state index in [9.17, 15) is 9.59 Å². The highest BCUT2D eigenvalue weighted by atomic mass is 16.4. The first-order chi connectivity index (χ1) is 8.49. The minimum atomic E-state index is -1.07. The van der Waals surface area contributed by atoms with Gasteiger partial charge in [-0.05, 0) is 6.07 Å². The summed E-state index contributed by atoms with van der Waals surface area (Å²) in [6.07, 6.45) is 2.98. The maximum absolute atomic E-state index is 11.5. The van der Waals surface area contributed by atoms with Crippen LogP contribution in [0.1, 0.15) is 30.6 Å². The van der Waals surface area contributed by atoms with Crippen LogP contribution in [0, 0.1) is 0 Å². The SMILES string of the molecule is CC(C)NCCC(=O)Nc1cncc(C(=O)O)c1. The zero-order valence-electron chi connectivity index (χ0n) is 10.4. The number of carboxylic acids is 1. The number of carbonyl (C=O) groups is 2. The van der Waals surface area contributed by atoms with Crippen molar-refractivity contribution < 1.29 is 14.7 Å². The molecule has 0 aromatic carbocycles. The molecule has 1 aromatic rings. The minimum absolute atomic E-state index is 0.0492. The van der Waals surface area contributed by atoms with Crippen molar-refractivity contribution in [2.45, 2.75) is 26.3 Å². The molecule has 0 bridgehead atoms. The molecule has 0 radical (unpaired) electrons. The number of rotatable bonds is 6. The van der Waals surface area contributed by atoms with Crippen LogP contribution in [-0.4, -0.2) is 34.6 Å². The molecule has 0 aliphatic heterocycles. The molecule has 6 nitrogen and oxygen atoms in total. The highest BCUT2D eigenvalue weighted by Gasteiger charge is 2.07. The van der Waals surface area contributed by atoms with E-state index in [0.29, 0.717) is 24.7 Å². The average molecular weight is 251 g/mol. The van der Waals surface area contributed by atoms with Crippen molar-refractivity contribution in [3.8, 4) is 0 Å². The molecule has 1 rings (SSSR count). The van der Waals surface area contributed by atoms with Crippen LogP contribution >= 0.6 is 0 Å². The highest BCUT2D eigenvalue weighted by molar-refractivity contribution is 5.93. The first kappa shape index (κ1) is 14.1. The topological polar surface area (TPSA) is 91.3 Å². The Morgan fingerprint density at radius 3 is 2.72 bits per heavy atom. The van der Waals surface area contributed by atoms with Crippen LogP contribution in [0.4, 0.5) is 5.69 Å². The molecule has 0 aliphatic rings. The van der Waals surface area contributed by atoms with Crippen molar-refractivity contribution >= 4 is 17.6 Å². The molecular weight excluding hydrogens is 234 g/mol. The lowest BCUT2D eigenvalue weighted by Crippen LogP contribution is -2.27. The summed E-state index contributed by atoms with van der Waals surface area (Å²) in [4.78, 5) is 26.0. The van der Waals surface area contributed by atoms with Crippen LogP contribution in [-0.2, 0) is 4.79 Å². The van der Waals surface area contributed by atoms with Gasteiger partial charge in [0.1, 0.15) is 0 Å². The van der Waals surface area contributed by atoms with Crippen LogP contribution in [0.3, 0.4) is 0 Å². The maximum Gasteiger partial charge on any atom is 0.337 e. The number of nitrogens with one attached hydrogen (secondary N) is 2. The zero-order chi connectivity index (χ0) is 13.5. The number of carbonyl (C=O) groups excluding carboxylic acids is 1. The zero-order valence-corrected chi connectivity index (χ0v) is 10.4. The summed E-state index contributed by atoms with van der Waals surface area (Å²) in [6, 6.07) is 1.71. The third-order valence-corrected chi connectivity index (χ3v) is 2.17. The van der Waals surface area contributed by atoms with E-state index in [1.807, 2.05) is 13.8 Å². The molecule has 0 aliphatic carbocycles. The molecule has 18 heavy (non-hydrogen) atoms. The molecule has 98 valence electrons. The summed E-state index contributed by atoms with van der Waals surface area (Å²) in [5.74, 6) is -1.24. The Morgan fingerprint density at radius 1 is 1.39 bits per heavy atom. The summed E-state index contributed by atoms with van der Waals surface area (Å²) in [5, 5.41) is 14.5. The van der Waals surface area contributed by atoms with Crippen molar-refractivity contribution in [1.29, 1.82) is 0 Å². The number of anilines is 1. The Balaban J connectivity index is 2.49. The predicted molar refractivity (Wildman–Crippen MR) is 67.6 cm³/mol. The van der Waals surface area contributed by atoms with E-state index in [1.54, 1.807) is 0 Å². The number of aromatic carboxylic acids is 1. The normalized spacial score (nSPS) is 10.4. The van der Waals surface area contributed by atoms with E-state index in [2.05, 4.69) is 15.6 Å². The van der Waals surface area contributed by atoms with Crippen LogP contribution in [0.15, 0.2) is 18.5 Å². The first-order valence-electron chi connectivity index (χ1n) is 5.70. The van der Waals surface area contributed by atoms with Gasteiger partial charge in [-0.3, -0.25) is 9.78 Å². The lowest BCUT2D eigenvalue weighted by atomic mass is 10.2. The number of amides is 1. The molecule has 0 saturated carbocycles. The lowest BCUT2D eigenvalue weighted by molar-refractivity contribution is -0.116. The van der Waals surface area contributed by atoms with Crippen LogP contribution in [0.5, 0.6) is 0 Å². The van der Waals surface area contributed by atoms with Crippen molar-refractivity contribution in [2.75, 3.05) is 11.9 Å². The van der Waals surface area contributed by atoms with Crippen molar-refractivity contribution in [1.82, 2.24) is 10.3 Å². The van der Waals surface area contributed by atoms with Gasteiger partial charge >= 0.3 is 5.97 Å². The van der Waals surface area contributed by atoms with Gasteiger partial charge in [-0.1, -0.05) is 13.8 Å². The molecule has 1 aromatic heterocycles. The third-order valence-electron chi connectivity index (χ3n) is 2.17. The summed E-state index contributed by atoms with van der Waals surface area (Å²) in [5.41, 5.74) is 0.442. The molecule has 3 N–H and O–H groups in total. The van der Waals surface area contributed by atoms with Gasteiger partial charge in [0, 0.05) is 25.2 Å². The molecule has 0 unspecified atom stereocenters. The van der Waals surface area contributed by atoms with Gasteiger partial charge in [0.2, 0.25) is 5.91 Å². The summed E-state index contributed by atoms with van der Waals surface area (Å²) >= 11 is 0. The van der Waals surface area contributed by atoms with E-state index in [4.69, 9.17) is 5.11 Å². The van der Waals surface area contributed by atoms with E-state index in [-0.39, 0.29) is 11.5 Å². The van der Waals surface area contributed by atoms with Crippen molar-refractivity contribution in [3.63, 3.8) is 0 Å². The second-order valence-electron chi connectivity index (χ2n) is 4.17. The molecule has 0 saturated heterocycles. The fourth-order valence-corrected chi connectivity index (χ4v) is 1.32. The fourth-order valence-electron chi connectivity index (χ4n) is 1.32. The predicted octanol–water partition coefficient (Wildman–Crippen LogP) is 1.11. The molecular formula is C12H17N3O3. The number of nitrogens with zero attached hydrogens (tertiary/aromatic N) is 1. The fraction of sp³-hybridized carbons (Fsp3) is 0.417. The van der Waals surface area contributed by atoms with E-state index >= 15 is 0 Å².